The summed E-state index contributed by atoms with van der Waals surface area (Å²) in [5, 5.41) is 0. The van der Waals surface area contributed by atoms with E-state index < -0.39 is 0 Å². The quantitative estimate of drug-likeness (QED) is 0.594. The van der Waals surface area contributed by atoms with E-state index in [1.807, 2.05) is 0 Å². The Morgan fingerprint density at radius 3 is 1.94 bits per heavy atom. The zero-order valence-electron chi connectivity index (χ0n) is 11.9. The molecule has 1 nitrogen and oxygen atoms in total. The van der Waals surface area contributed by atoms with Gasteiger partial charge in [-0.25, -0.2) is 0 Å². The van der Waals surface area contributed by atoms with Gasteiger partial charge < -0.3 is 0 Å². The van der Waals surface area contributed by atoms with Crippen LogP contribution in [0.2, 0.25) is 0 Å². The van der Waals surface area contributed by atoms with Gasteiger partial charge in [-0.2, -0.15) is 0 Å². The first-order valence-corrected chi connectivity index (χ1v) is 7.03. The molecular formula is C15H29N. The third-order valence-corrected chi connectivity index (χ3v) is 4.76. The molecule has 0 unspecified atom stereocenters. The van der Waals surface area contributed by atoms with Crippen molar-refractivity contribution in [2.75, 3.05) is 6.54 Å². The van der Waals surface area contributed by atoms with Crippen molar-refractivity contribution in [3.8, 4) is 0 Å². The maximum Gasteiger partial charge on any atom is 0.0164 e. The topological polar surface area (TPSA) is 3.24 Å². The molecule has 2 rings (SSSR count). The lowest BCUT2D eigenvalue weighted by molar-refractivity contribution is 0.0621. The molecule has 2 aliphatic rings. The molecule has 0 atom stereocenters. The maximum atomic E-state index is 2.76. The Hall–Kier alpha value is -0.0400. The number of hydrogen-bond acceptors (Lipinski definition) is 1. The van der Waals surface area contributed by atoms with Crippen LogP contribution in [0.25, 0.3) is 0 Å². The van der Waals surface area contributed by atoms with Crippen LogP contribution in [0, 0.1) is 5.41 Å². The number of nitrogens with zero attached hydrogens (tertiary/aromatic N) is 1. The van der Waals surface area contributed by atoms with Gasteiger partial charge in [0.05, 0.1) is 0 Å². The van der Waals surface area contributed by atoms with Gasteiger partial charge in [-0.15, -0.1) is 0 Å². The molecule has 1 saturated carbocycles. The van der Waals surface area contributed by atoms with Crippen LogP contribution < -0.4 is 0 Å². The van der Waals surface area contributed by atoms with Crippen molar-refractivity contribution in [2.24, 2.45) is 5.41 Å². The molecule has 1 saturated heterocycles. The van der Waals surface area contributed by atoms with E-state index in [1.54, 1.807) is 0 Å². The van der Waals surface area contributed by atoms with Crippen LogP contribution in [0.1, 0.15) is 73.1 Å². The highest BCUT2D eigenvalue weighted by molar-refractivity contribution is 5.05. The highest BCUT2D eigenvalue weighted by atomic mass is 15.3. The normalized spacial score (nSPS) is 29.8. The first kappa shape index (κ1) is 12.4. The second-order valence-electron chi connectivity index (χ2n) is 7.81. The molecule has 1 spiro atoms. The van der Waals surface area contributed by atoms with Crippen LogP contribution in [-0.4, -0.2) is 22.5 Å². The minimum absolute atomic E-state index is 0.324. The monoisotopic (exact) mass is 223 g/mol. The molecule has 0 aromatic heterocycles. The van der Waals surface area contributed by atoms with Gasteiger partial charge >= 0.3 is 0 Å². The van der Waals surface area contributed by atoms with Crippen molar-refractivity contribution < 1.29 is 0 Å². The molecule has 1 heteroatoms. The van der Waals surface area contributed by atoms with Crippen LogP contribution in [0.5, 0.6) is 0 Å². The second-order valence-corrected chi connectivity index (χ2v) is 7.81. The van der Waals surface area contributed by atoms with Crippen LogP contribution >= 0.6 is 0 Å². The fourth-order valence-corrected chi connectivity index (χ4v) is 4.40. The Bertz CT molecular complexity index is 253. The van der Waals surface area contributed by atoms with Gasteiger partial charge in [-0.05, 0) is 59.3 Å². The summed E-state index contributed by atoms with van der Waals surface area (Å²) in [5.41, 5.74) is 1.38. The first-order chi connectivity index (χ1) is 7.25. The average molecular weight is 223 g/mol. The fraction of sp³-hybridized carbons (Fsp3) is 1.00. The highest BCUT2D eigenvalue weighted by Crippen LogP contribution is 2.51. The molecule has 0 radical (unpaired) electrons. The molecule has 94 valence electrons. The van der Waals surface area contributed by atoms with Crippen molar-refractivity contribution in [3.05, 3.63) is 0 Å². The van der Waals surface area contributed by atoms with Crippen LogP contribution in [0.4, 0.5) is 0 Å². The van der Waals surface area contributed by atoms with Crippen molar-refractivity contribution in [1.29, 1.82) is 0 Å². The minimum Gasteiger partial charge on any atom is -0.293 e. The smallest absolute Gasteiger partial charge is 0.0164 e. The van der Waals surface area contributed by atoms with E-state index in [0.717, 1.165) is 0 Å². The predicted octanol–water partition coefficient (Wildman–Crippen LogP) is 4.22. The zero-order valence-corrected chi connectivity index (χ0v) is 11.9. The highest BCUT2D eigenvalue weighted by Gasteiger charge is 2.51. The summed E-state index contributed by atoms with van der Waals surface area (Å²) in [5.74, 6) is 0. The molecule has 0 N–H and O–H groups in total. The summed E-state index contributed by atoms with van der Waals surface area (Å²) < 4.78 is 0. The molecule has 1 heterocycles. The fourth-order valence-electron chi connectivity index (χ4n) is 4.40. The lowest BCUT2D eigenvalue weighted by Gasteiger charge is -2.42. The molecule has 1 aliphatic heterocycles. The minimum atomic E-state index is 0.324. The maximum absolute atomic E-state index is 2.76. The molecule has 0 bridgehead atoms. The van der Waals surface area contributed by atoms with E-state index in [2.05, 4.69) is 39.5 Å². The Morgan fingerprint density at radius 1 is 0.938 bits per heavy atom. The standard InChI is InChI=1S/C15H29N/c1-13(2,3)16-12-15(11-14(16,4)5)9-7-6-8-10-15/h6-12H2,1-5H3. The molecule has 16 heavy (non-hydrogen) atoms. The number of likely N-dealkylation sites (tertiary alicyclic amines) is 1. The second kappa shape index (κ2) is 3.73. The first-order valence-electron chi connectivity index (χ1n) is 7.03. The van der Waals surface area contributed by atoms with Crippen molar-refractivity contribution >= 4 is 0 Å². The summed E-state index contributed by atoms with van der Waals surface area (Å²) in [6.45, 7) is 13.3. The number of hydrogen-bond donors (Lipinski definition) is 0. The Morgan fingerprint density at radius 2 is 1.50 bits per heavy atom. The van der Waals surface area contributed by atoms with E-state index in [4.69, 9.17) is 0 Å². The average Bonchev–Trinajstić information content (AvgIpc) is 2.38. The van der Waals surface area contributed by atoms with Gasteiger partial charge in [-0.1, -0.05) is 19.3 Å². The van der Waals surface area contributed by atoms with Gasteiger partial charge in [0.15, 0.2) is 0 Å². The molecule has 0 aromatic rings. The van der Waals surface area contributed by atoms with Gasteiger partial charge in [0.1, 0.15) is 0 Å². The molecular weight excluding hydrogens is 194 g/mol. The van der Waals surface area contributed by atoms with E-state index in [0.29, 0.717) is 16.5 Å². The van der Waals surface area contributed by atoms with Crippen molar-refractivity contribution in [2.45, 2.75) is 84.2 Å². The SMILES string of the molecule is CC(C)(C)N1CC2(CCCCC2)CC1(C)C. The molecule has 0 aromatic carbocycles. The summed E-state index contributed by atoms with van der Waals surface area (Å²) >= 11 is 0. The Balaban J connectivity index is 2.18. The van der Waals surface area contributed by atoms with E-state index in [-0.39, 0.29) is 0 Å². The van der Waals surface area contributed by atoms with Crippen LogP contribution in [0.3, 0.4) is 0 Å². The van der Waals surface area contributed by atoms with Crippen molar-refractivity contribution in [1.82, 2.24) is 4.90 Å². The summed E-state index contributed by atoms with van der Waals surface area (Å²) in [6.07, 6.45) is 8.77. The third-order valence-electron chi connectivity index (χ3n) is 4.76. The molecule has 0 amide bonds. The van der Waals surface area contributed by atoms with Gasteiger partial charge in [-0.3, -0.25) is 4.90 Å². The van der Waals surface area contributed by atoms with Crippen LogP contribution in [-0.2, 0) is 0 Å². The van der Waals surface area contributed by atoms with Crippen LogP contribution in [0.15, 0.2) is 0 Å². The van der Waals surface area contributed by atoms with E-state index >= 15 is 0 Å². The largest absolute Gasteiger partial charge is 0.293 e. The van der Waals surface area contributed by atoms with Gasteiger partial charge in [0.25, 0.3) is 0 Å². The van der Waals surface area contributed by atoms with Crippen molar-refractivity contribution in [3.63, 3.8) is 0 Å². The zero-order chi connectivity index (χ0) is 12.0. The lowest BCUT2D eigenvalue weighted by atomic mass is 9.71. The number of rotatable bonds is 0. The Labute approximate surface area is 102 Å². The van der Waals surface area contributed by atoms with E-state index in [9.17, 15) is 0 Å². The molecule has 2 fully saturated rings. The summed E-state index contributed by atoms with van der Waals surface area (Å²) in [4.78, 5) is 2.76. The summed E-state index contributed by atoms with van der Waals surface area (Å²) in [6, 6.07) is 0. The Kier molecular flexibility index (Phi) is 2.89. The third kappa shape index (κ3) is 2.16. The van der Waals surface area contributed by atoms with Gasteiger partial charge in [0, 0.05) is 17.6 Å². The predicted molar refractivity (Wildman–Crippen MR) is 70.7 cm³/mol. The lowest BCUT2D eigenvalue weighted by Crippen LogP contribution is -2.50. The molecule has 1 aliphatic carbocycles. The summed E-state index contributed by atoms with van der Waals surface area (Å²) in [7, 11) is 0. The van der Waals surface area contributed by atoms with E-state index in [1.165, 1.54) is 45.1 Å². The van der Waals surface area contributed by atoms with Gasteiger partial charge in [0.2, 0.25) is 0 Å².